The van der Waals surface area contributed by atoms with Gasteiger partial charge in [-0.2, -0.15) is 0 Å². The van der Waals surface area contributed by atoms with Crippen LogP contribution >= 0.6 is 0 Å². The number of amides is 1. The first-order valence-electron chi connectivity index (χ1n) is 8.17. The van der Waals surface area contributed by atoms with E-state index in [0.29, 0.717) is 18.7 Å². The summed E-state index contributed by atoms with van der Waals surface area (Å²) in [6.07, 6.45) is 0.539. The molecule has 2 aromatic carbocycles. The zero-order chi connectivity index (χ0) is 18.1. The number of phenols is 2. The Hall–Kier alpha value is -2.95. The highest BCUT2D eigenvalue weighted by Gasteiger charge is 2.19. The zero-order valence-electron chi connectivity index (χ0n) is 14.5. The van der Waals surface area contributed by atoms with Crippen molar-refractivity contribution >= 4 is 16.9 Å². The molecular formula is C20H21NO4. The molecule has 5 nitrogen and oxygen atoms in total. The third kappa shape index (κ3) is 3.18. The minimum absolute atomic E-state index is 0.156. The molecule has 1 heterocycles. The smallest absolute Gasteiger partial charge is 0.287 e. The van der Waals surface area contributed by atoms with E-state index in [1.54, 1.807) is 6.07 Å². The molecule has 0 aliphatic heterocycles. The van der Waals surface area contributed by atoms with Crippen LogP contribution in [-0.2, 0) is 6.42 Å². The maximum atomic E-state index is 12.5. The van der Waals surface area contributed by atoms with Crippen molar-refractivity contribution in [1.82, 2.24) is 5.32 Å². The predicted octanol–water partition coefficient (Wildman–Crippen LogP) is 3.74. The summed E-state index contributed by atoms with van der Waals surface area (Å²) in [5.41, 5.74) is 4.51. The van der Waals surface area contributed by atoms with Crippen LogP contribution < -0.4 is 5.32 Å². The van der Waals surface area contributed by atoms with Gasteiger partial charge < -0.3 is 19.9 Å². The van der Waals surface area contributed by atoms with Crippen molar-refractivity contribution in [2.45, 2.75) is 27.2 Å². The first kappa shape index (κ1) is 16.9. The summed E-state index contributed by atoms with van der Waals surface area (Å²) in [6, 6.07) is 8.64. The number of benzene rings is 2. The fraction of sp³-hybridized carbons (Fsp3) is 0.250. The van der Waals surface area contributed by atoms with Gasteiger partial charge in [-0.05, 0) is 56.0 Å². The Morgan fingerprint density at radius 3 is 2.44 bits per heavy atom. The van der Waals surface area contributed by atoms with E-state index in [9.17, 15) is 15.0 Å². The number of carbonyl (C=O) groups excluding carboxylic acids is 1. The summed E-state index contributed by atoms with van der Waals surface area (Å²) in [4.78, 5) is 12.5. The molecule has 3 N–H and O–H groups in total. The number of fused-ring (bicyclic) bond motifs is 1. The maximum Gasteiger partial charge on any atom is 0.287 e. The Labute approximate surface area is 145 Å². The van der Waals surface area contributed by atoms with Crippen molar-refractivity contribution in [3.63, 3.8) is 0 Å². The van der Waals surface area contributed by atoms with Crippen LogP contribution in [0, 0.1) is 20.8 Å². The molecular weight excluding hydrogens is 318 g/mol. The van der Waals surface area contributed by atoms with Crippen LogP contribution in [0.4, 0.5) is 0 Å². The molecule has 5 heteroatoms. The summed E-state index contributed by atoms with van der Waals surface area (Å²) in [5.74, 6) is -0.240. The summed E-state index contributed by atoms with van der Waals surface area (Å²) in [6.45, 7) is 6.26. The van der Waals surface area contributed by atoms with Gasteiger partial charge in [0.2, 0.25) is 0 Å². The average Bonchev–Trinajstić information content (AvgIpc) is 2.93. The number of aromatic hydroxyl groups is 2. The van der Waals surface area contributed by atoms with Gasteiger partial charge in [0.05, 0.1) is 0 Å². The summed E-state index contributed by atoms with van der Waals surface area (Å²) < 4.78 is 5.82. The number of aryl methyl sites for hydroxylation is 3. The molecule has 0 fully saturated rings. The summed E-state index contributed by atoms with van der Waals surface area (Å²) >= 11 is 0. The van der Waals surface area contributed by atoms with E-state index in [1.807, 2.05) is 32.9 Å². The number of phenolic OH excluding ortho intramolecular Hbond substituents is 2. The molecule has 0 aliphatic rings. The summed E-state index contributed by atoms with van der Waals surface area (Å²) in [5, 5.41) is 22.7. The second-order valence-electron chi connectivity index (χ2n) is 6.29. The quantitative estimate of drug-likeness (QED) is 0.632. The Balaban J connectivity index is 1.74. The van der Waals surface area contributed by atoms with Crippen LogP contribution in [0.5, 0.6) is 11.5 Å². The second kappa shape index (κ2) is 6.51. The lowest BCUT2D eigenvalue weighted by Crippen LogP contribution is -2.25. The first-order chi connectivity index (χ1) is 11.9. The molecule has 0 saturated heterocycles. The van der Waals surface area contributed by atoms with E-state index >= 15 is 0 Å². The largest absolute Gasteiger partial charge is 0.504 e. The Morgan fingerprint density at radius 2 is 1.76 bits per heavy atom. The van der Waals surface area contributed by atoms with E-state index in [2.05, 4.69) is 5.32 Å². The fourth-order valence-electron chi connectivity index (χ4n) is 3.02. The molecule has 0 radical (unpaired) electrons. The van der Waals surface area contributed by atoms with Gasteiger partial charge in [0.15, 0.2) is 17.3 Å². The van der Waals surface area contributed by atoms with Crippen LogP contribution in [0.1, 0.15) is 32.8 Å². The number of hydrogen-bond acceptors (Lipinski definition) is 4. The van der Waals surface area contributed by atoms with Gasteiger partial charge in [0.1, 0.15) is 5.58 Å². The highest BCUT2D eigenvalue weighted by Crippen LogP contribution is 2.30. The molecule has 1 amide bonds. The van der Waals surface area contributed by atoms with Crippen LogP contribution in [0.15, 0.2) is 34.7 Å². The van der Waals surface area contributed by atoms with Gasteiger partial charge in [-0.15, -0.1) is 0 Å². The Morgan fingerprint density at radius 1 is 1.04 bits per heavy atom. The number of nitrogens with one attached hydrogen (secondary N) is 1. The topological polar surface area (TPSA) is 82.7 Å². The minimum atomic E-state index is -0.254. The van der Waals surface area contributed by atoms with E-state index in [1.165, 1.54) is 12.1 Å². The molecule has 0 unspecified atom stereocenters. The maximum absolute atomic E-state index is 12.5. The van der Waals surface area contributed by atoms with Crippen molar-refractivity contribution in [3.05, 3.63) is 58.3 Å². The minimum Gasteiger partial charge on any atom is -0.504 e. The van der Waals surface area contributed by atoms with Crippen molar-refractivity contribution in [1.29, 1.82) is 0 Å². The zero-order valence-corrected chi connectivity index (χ0v) is 14.5. The number of hydrogen-bond donors (Lipinski definition) is 3. The lowest BCUT2D eigenvalue weighted by molar-refractivity contribution is 0.0927. The molecule has 0 atom stereocenters. The van der Waals surface area contributed by atoms with E-state index in [-0.39, 0.29) is 17.4 Å². The predicted molar refractivity (Wildman–Crippen MR) is 96.2 cm³/mol. The van der Waals surface area contributed by atoms with Crippen LogP contribution in [0.2, 0.25) is 0 Å². The lowest BCUT2D eigenvalue weighted by atomic mass is 10.0. The van der Waals surface area contributed by atoms with E-state index in [0.717, 1.165) is 33.2 Å². The van der Waals surface area contributed by atoms with Gasteiger partial charge in [0.25, 0.3) is 5.91 Å². The molecule has 130 valence electrons. The SMILES string of the molecule is Cc1ccc(C)c2c(C)c(C(=O)NCCc3ccc(O)c(O)c3)oc12. The molecule has 0 spiro atoms. The number of rotatable bonds is 4. The van der Waals surface area contributed by atoms with Crippen LogP contribution in [-0.4, -0.2) is 22.7 Å². The average molecular weight is 339 g/mol. The van der Waals surface area contributed by atoms with Crippen LogP contribution in [0.3, 0.4) is 0 Å². The number of carbonyl (C=O) groups is 1. The van der Waals surface area contributed by atoms with Gasteiger partial charge >= 0.3 is 0 Å². The molecule has 0 bridgehead atoms. The molecule has 0 saturated carbocycles. The summed E-state index contributed by atoms with van der Waals surface area (Å²) in [7, 11) is 0. The molecule has 0 aliphatic carbocycles. The fourth-order valence-corrected chi connectivity index (χ4v) is 3.02. The van der Waals surface area contributed by atoms with E-state index < -0.39 is 0 Å². The number of furan rings is 1. The van der Waals surface area contributed by atoms with Crippen molar-refractivity contribution in [2.75, 3.05) is 6.54 Å². The first-order valence-corrected chi connectivity index (χ1v) is 8.17. The van der Waals surface area contributed by atoms with Gasteiger partial charge in [-0.1, -0.05) is 18.2 Å². The van der Waals surface area contributed by atoms with Gasteiger partial charge in [0, 0.05) is 17.5 Å². The normalized spacial score (nSPS) is 11.0. The molecule has 3 aromatic rings. The highest BCUT2D eigenvalue weighted by atomic mass is 16.3. The van der Waals surface area contributed by atoms with Crippen molar-refractivity contribution in [3.8, 4) is 11.5 Å². The molecule has 3 rings (SSSR count). The Bertz CT molecular complexity index is 956. The van der Waals surface area contributed by atoms with Crippen LogP contribution in [0.25, 0.3) is 11.0 Å². The third-order valence-corrected chi connectivity index (χ3v) is 4.43. The van der Waals surface area contributed by atoms with Crippen molar-refractivity contribution in [2.24, 2.45) is 0 Å². The standard InChI is InChI=1S/C20H21NO4/c1-11-4-5-12(2)18-17(11)13(3)19(25-18)20(24)21-9-8-14-6-7-15(22)16(23)10-14/h4-7,10,22-23H,8-9H2,1-3H3,(H,21,24). The monoisotopic (exact) mass is 339 g/mol. The molecule has 25 heavy (non-hydrogen) atoms. The lowest BCUT2D eigenvalue weighted by Gasteiger charge is -2.05. The van der Waals surface area contributed by atoms with Gasteiger partial charge in [-0.3, -0.25) is 4.79 Å². The highest BCUT2D eigenvalue weighted by molar-refractivity contribution is 6.00. The van der Waals surface area contributed by atoms with E-state index in [4.69, 9.17) is 4.42 Å². The second-order valence-corrected chi connectivity index (χ2v) is 6.29. The third-order valence-electron chi connectivity index (χ3n) is 4.43. The van der Waals surface area contributed by atoms with Crippen molar-refractivity contribution < 1.29 is 19.4 Å². The molecule has 1 aromatic heterocycles. The van der Waals surface area contributed by atoms with Gasteiger partial charge in [-0.25, -0.2) is 0 Å². The Kier molecular flexibility index (Phi) is 4.40.